The number of nitrogens with one attached hydrogen (secondary N) is 1. The maximum absolute atomic E-state index is 10.9. The van der Waals surface area contributed by atoms with E-state index in [0.29, 0.717) is 0 Å². The first-order valence-electron chi connectivity index (χ1n) is 3.30. The van der Waals surface area contributed by atoms with Crippen molar-refractivity contribution in [2.24, 2.45) is 5.92 Å². The standard InChI is InChI=1S/C6H13NO3S/c1-5(2)6(8)4-7-11(3,9)10/h5,7H,4H2,1-3H3. The molecule has 0 aliphatic carbocycles. The van der Waals surface area contributed by atoms with Gasteiger partial charge in [0.1, 0.15) is 5.78 Å². The zero-order chi connectivity index (χ0) is 9.07. The second kappa shape index (κ2) is 3.82. The summed E-state index contributed by atoms with van der Waals surface area (Å²) in [6, 6.07) is 0. The molecule has 0 aromatic heterocycles. The van der Waals surface area contributed by atoms with Crippen molar-refractivity contribution >= 4 is 15.8 Å². The van der Waals surface area contributed by atoms with Gasteiger partial charge in [0, 0.05) is 5.92 Å². The van der Waals surface area contributed by atoms with Gasteiger partial charge in [0.25, 0.3) is 0 Å². The molecule has 0 fully saturated rings. The molecule has 0 atom stereocenters. The smallest absolute Gasteiger partial charge is 0.209 e. The van der Waals surface area contributed by atoms with E-state index < -0.39 is 10.0 Å². The first-order valence-corrected chi connectivity index (χ1v) is 5.19. The van der Waals surface area contributed by atoms with Crippen LogP contribution in [0.1, 0.15) is 13.8 Å². The summed E-state index contributed by atoms with van der Waals surface area (Å²) in [5.74, 6) is -0.223. The number of ketones is 1. The first-order chi connectivity index (χ1) is 4.83. The quantitative estimate of drug-likeness (QED) is 0.648. The number of hydrogen-bond acceptors (Lipinski definition) is 3. The summed E-state index contributed by atoms with van der Waals surface area (Å²) < 4.78 is 23.1. The fourth-order valence-electron chi connectivity index (χ4n) is 0.406. The summed E-state index contributed by atoms with van der Waals surface area (Å²) in [5.41, 5.74) is 0. The van der Waals surface area contributed by atoms with Crippen molar-refractivity contribution in [3.8, 4) is 0 Å². The highest BCUT2D eigenvalue weighted by Crippen LogP contribution is 1.92. The van der Waals surface area contributed by atoms with E-state index >= 15 is 0 Å². The third-order valence-electron chi connectivity index (χ3n) is 1.15. The van der Waals surface area contributed by atoms with Crippen molar-refractivity contribution in [2.75, 3.05) is 12.8 Å². The Balaban J connectivity index is 3.83. The van der Waals surface area contributed by atoms with Crippen LogP contribution in [-0.4, -0.2) is 27.0 Å². The van der Waals surface area contributed by atoms with Crippen LogP contribution >= 0.6 is 0 Å². The second-order valence-corrected chi connectivity index (χ2v) is 4.55. The predicted octanol–water partition coefficient (Wildman–Crippen LogP) is -0.239. The van der Waals surface area contributed by atoms with Crippen LogP contribution in [0.2, 0.25) is 0 Å². The molecule has 0 aliphatic rings. The first kappa shape index (κ1) is 10.6. The number of carbonyl (C=O) groups is 1. The summed E-state index contributed by atoms with van der Waals surface area (Å²) in [5, 5.41) is 0. The van der Waals surface area contributed by atoms with Gasteiger partial charge < -0.3 is 0 Å². The van der Waals surface area contributed by atoms with E-state index in [-0.39, 0.29) is 18.2 Å². The van der Waals surface area contributed by atoms with Gasteiger partial charge in [-0.3, -0.25) is 4.79 Å². The minimum atomic E-state index is -3.22. The maximum atomic E-state index is 10.9. The molecule has 0 unspecified atom stereocenters. The second-order valence-electron chi connectivity index (χ2n) is 2.71. The van der Waals surface area contributed by atoms with Crippen LogP contribution in [0.3, 0.4) is 0 Å². The molecular formula is C6H13NO3S. The Morgan fingerprint density at radius 3 is 2.18 bits per heavy atom. The largest absolute Gasteiger partial charge is 0.298 e. The molecule has 11 heavy (non-hydrogen) atoms. The Labute approximate surface area is 67.0 Å². The highest BCUT2D eigenvalue weighted by Gasteiger charge is 2.09. The fraction of sp³-hybridized carbons (Fsp3) is 0.833. The average molecular weight is 179 g/mol. The lowest BCUT2D eigenvalue weighted by atomic mass is 10.1. The molecule has 0 aromatic carbocycles. The Kier molecular flexibility index (Phi) is 3.68. The van der Waals surface area contributed by atoms with E-state index in [4.69, 9.17) is 0 Å². The van der Waals surface area contributed by atoms with Crippen molar-refractivity contribution < 1.29 is 13.2 Å². The third-order valence-corrected chi connectivity index (χ3v) is 1.82. The van der Waals surface area contributed by atoms with Crippen molar-refractivity contribution in [1.29, 1.82) is 0 Å². The zero-order valence-corrected chi connectivity index (χ0v) is 7.73. The highest BCUT2D eigenvalue weighted by atomic mass is 32.2. The summed E-state index contributed by atoms with van der Waals surface area (Å²) in [7, 11) is -3.22. The fourth-order valence-corrected chi connectivity index (χ4v) is 0.811. The van der Waals surface area contributed by atoms with Gasteiger partial charge in [0.05, 0.1) is 12.8 Å². The Bertz CT molecular complexity index is 230. The van der Waals surface area contributed by atoms with Crippen molar-refractivity contribution in [3.63, 3.8) is 0 Å². The van der Waals surface area contributed by atoms with E-state index in [2.05, 4.69) is 4.72 Å². The molecule has 0 saturated heterocycles. The molecule has 0 amide bonds. The van der Waals surface area contributed by atoms with Crippen LogP contribution in [0.5, 0.6) is 0 Å². The third kappa shape index (κ3) is 6.00. The van der Waals surface area contributed by atoms with E-state index in [9.17, 15) is 13.2 Å². The molecular weight excluding hydrogens is 166 g/mol. The van der Waals surface area contributed by atoms with Crippen molar-refractivity contribution in [3.05, 3.63) is 0 Å². The van der Waals surface area contributed by atoms with Crippen LogP contribution in [0.25, 0.3) is 0 Å². The normalized spacial score (nSPS) is 12.0. The Morgan fingerprint density at radius 1 is 1.45 bits per heavy atom. The SMILES string of the molecule is CC(C)C(=O)CNS(C)(=O)=O. The lowest BCUT2D eigenvalue weighted by Crippen LogP contribution is -2.30. The summed E-state index contributed by atoms with van der Waals surface area (Å²) in [6.45, 7) is 3.36. The van der Waals surface area contributed by atoms with Crippen LogP contribution in [0.4, 0.5) is 0 Å². The molecule has 0 aromatic rings. The maximum Gasteiger partial charge on any atom is 0.209 e. The molecule has 66 valence electrons. The number of carbonyl (C=O) groups excluding carboxylic acids is 1. The van der Waals surface area contributed by atoms with Crippen LogP contribution in [0.15, 0.2) is 0 Å². The van der Waals surface area contributed by atoms with Gasteiger partial charge in [-0.15, -0.1) is 0 Å². The van der Waals surface area contributed by atoms with E-state index in [1.807, 2.05) is 0 Å². The van der Waals surface area contributed by atoms with Gasteiger partial charge in [-0.25, -0.2) is 13.1 Å². The molecule has 0 spiro atoms. The van der Waals surface area contributed by atoms with Crippen LogP contribution in [0, 0.1) is 5.92 Å². The lowest BCUT2D eigenvalue weighted by Gasteiger charge is -2.03. The lowest BCUT2D eigenvalue weighted by molar-refractivity contribution is -0.120. The Morgan fingerprint density at radius 2 is 1.91 bits per heavy atom. The summed E-state index contributed by atoms with van der Waals surface area (Å²) in [4.78, 5) is 10.9. The van der Waals surface area contributed by atoms with Gasteiger partial charge in [0.2, 0.25) is 10.0 Å². The minimum absolute atomic E-state index is 0.101. The molecule has 0 aliphatic heterocycles. The van der Waals surface area contributed by atoms with Crippen molar-refractivity contribution in [1.82, 2.24) is 4.72 Å². The Hall–Kier alpha value is -0.420. The van der Waals surface area contributed by atoms with Gasteiger partial charge >= 0.3 is 0 Å². The van der Waals surface area contributed by atoms with Crippen LogP contribution < -0.4 is 4.72 Å². The van der Waals surface area contributed by atoms with E-state index in [1.54, 1.807) is 13.8 Å². The number of Topliss-reactive ketones (excluding diaryl/α,β-unsaturated/α-hetero) is 1. The molecule has 0 bridgehead atoms. The highest BCUT2D eigenvalue weighted by molar-refractivity contribution is 7.88. The van der Waals surface area contributed by atoms with Crippen LogP contribution in [-0.2, 0) is 14.8 Å². The topological polar surface area (TPSA) is 63.2 Å². The van der Waals surface area contributed by atoms with Gasteiger partial charge in [-0.2, -0.15) is 0 Å². The predicted molar refractivity (Wildman–Crippen MR) is 42.7 cm³/mol. The molecule has 0 saturated carbocycles. The molecule has 0 radical (unpaired) electrons. The zero-order valence-electron chi connectivity index (χ0n) is 6.92. The molecule has 1 N–H and O–H groups in total. The summed E-state index contributed by atoms with van der Waals surface area (Å²) in [6.07, 6.45) is 1.03. The number of rotatable bonds is 4. The molecule has 5 heteroatoms. The van der Waals surface area contributed by atoms with E-state index in [0.717, 1.165) is 6.26 Å². The van der Waals surface area contributed by atoms with Crippen molar-refractivity contribution in [2.45, 2.75) is 13.8 Å². The minimum Gasteiger partial charge on any atom is -0.298 e. The molecule has 4 nitrogen and oxygen atoms in total. The van der Waals surface area contributed by atoms with Gasteiger partial charge in [-0.1, -0.05) is 13.8 Å². The number of sulfonamides is 1. The van der Waals surface area contributed by atoms with E-state index in [1.165, 1.54) is 0 Å². The van der Waals surface area contributed by atoms with Gasteiger partial charge in [0.15, 0.2) is 0 Å². The summed E-state index contributed by atoms with van der Waals surface area (Å²) >= 11 is 0. The number of hydrogen-bond donors (Lipinski definition) is 1. The van der Waals surface area contributed by atoms with Gasteiger partial charge in [-0.05, 0) is 0 Å². The molecule has 0 heterocycles. The average Bonchev–Trinajstić information content (AvgIpc) is 1.80. The monoisotopic (exact) mass is 179 g/mol. The molecule has 0 rings (SSSR count).